The number of para-hydroxylation sites is 2. The fraction of sp³-hybridized carbons (Fsp3) is 0.290. The molecule has 0 radical (unpaired) electrons. The first-order chi connectivity index (χ1) is 18.5. The molecule has 0 atom stereocenters. The second-order valence-corrected chi connectivity index (χ2v) is 9.60. The molecule has 0 unspecified atom stereocenters. The number of nitrogens with zero attached hydrogens (tertiary/aromatic N) is 2. The zero-order valence-corrected chi connectivity index (χ0v) is 22.3. The average molecular weight is 513 g/mol. The SMILES string of the molecule is COc1ccccc1CN(CCc1c[nH]c2ccccc12)C(=O)CN(C(=O)NCc1ccccc1)C(C)C. The molecule has 38 heavy (non-hydrogen) atoms. The molecule has 1 aromatic heterocycles. The summed E-state index contributed by atoms with van der Waals surface area (Å²) in [6, 6.07) is 25.2. The summed E-state index contributed by atoms with van der Waals surface area (Å²) in [5.41, 5.74) is 4.16. The summed E-state index contributed by atoms with van der Waals surface area (Å²) in [4.78, 5) is 33.5. The third-order valence-corrected chi connectivity index (χ3v) is 6.71. The Morgan fingerprint density at radius 3 is 2.39 bits per heavy atom. The van der Waals surface area contributed by atoms with Gasteiger partial charge in [-0.15, -0.1) is 0 Å². The Hall–Kier alpha value is -4.26. The van der Waals surface area contributed by atoms with Gasteiger partial charge < -0.3 is 24.8 Å². The molecule has 0 fully saturated rings. The van der Waals surface area contributed by atoms with E-state index in [2.05, 4.69) is 16.4 Å². The van der Waals surface area contributed by atoms with Crippen molar-refractivity contribution in [3.05, 3.63) is 102 Å². The smallest absolute Gasteiger partial charge is 0.318 e. The highest BCUT2D eigenvalue weighted by atomic mass is 16.5. The molecule has 1 heterocycles. The number of rotatable bonds is 11. The van der Waals surface area contributed by atoms with Gasteiger partial charge in [-0.3, -0.25) is 4.79 Å². The van der Waals surface area contributed by atoms with Gasteiger partial charge in [-0.1, -0.05) is 66.7 Å². The van der Waals surface area contributed by atoms with Crippen LogP contribution in [0.1, 0.15) is 30.5 Å². The Labute approximate surface area is 224 Å². The number of carbonyl (C=O) groups is 2. The maximum atomic E-state index is 13.7. The number of benzene rings is 3. The molecule has 3 aromatic carbocycles. The predicted molar refractivity (Wildman–Crippen MR) is 151 cm³/mol. The summed E-state index contributed by atoms with van der Waals surface area (Å²) in [5.74, 6) is 0.623. The molecule has 0 spiro atoms. The minimum absolute atomic E-state index is 0.0126. The van der Waals surface area contributed by atoms with E-state index >= 15 is 0 Å². The van der Waals surface area contributed by atoms with Crippen LogP contribution in [0.25, 0.3) is 10.9 Å². The molecule has 0 aliphatic heterocycles. The number of aromatic nitrogens is 1. The Bertz CT molecular complexity index is 1350. The van der Waals surface area contributed by atoms with E-state index in [1.807, 2.05) is 97.7 Å². The number of fused-ring (bicyclic) bond motifs is 1. The van der Waals surface area contributed by atoms with Crippen molar-refractivity contribution in [1.82, 2.24) is 20.1 Å². The molecular formula is C31H36N4O3. The van der Waals surface area contributed by atoms with Crippen molar-refractivity contribution in [1.29, 1.82) is 0 Å². The van der Waals surface area contributed by atoms with Crippen molar-refractivity contribution in [2.75, 3.05) is 20.2 Å². The van der Waals surface area contributed by atoms with Gasteiger partial charge in [-0.2, -0.15) is 0 Å². The zero-order valence-electron chi connectivity index (χ0n) is 22.3. The molecule has 0 aliphatic rings. The van der Waals surface area contributed by atoms with Gasteiger partial charge in [0.2, 0.25) is 5.91 Å². The van der Waals surface area contributed by atoms with Gasteiger partial charge in [0.05, 0.1) is 7.11 Å². The van der Waals surface area contributed by atoms with Crippen molar-refractivity contribution in [3.8, 4) is 5.75 Å². The zero-order chi connectivity index (χ0) is 26.9. The largest absolute Gasteiger partial charge is 0.496 e. The second kappa shape index (κ2) is 12.8. The molecule has 0 bridgehead atoms. The van der Waals surface area contributed by atoms with E-state index in [1.165, 1.54) is 0 Å². The maximum absolute atomic E-state index is 13.7. The predicted octanol–water partition coefficient (Wildman–Crippen LogP) is 5.37. The highest BCUT2D eigenvalue weighted by molar-refractivity contribution is 5.85. The van der Waals surface area contributed by atoms with Crippen LogP contribution >= 0.6 is 0 Å². The molecule has 3 amide bonds. The van der Waals surface area contributed by atoms with Gasteiger partial charge in [0.15, 0.2) is 0 Å². The fourth-order valence-electron chi connectivity index (χ4n) is 4.53. The van der Waals surface area contributed by atoms with E-state index in [4.69, 9.17) is 4.74 Å². The number of aromatic amines is 1. The van der Waals surface area contributed by atoms with Crippen LogP contribution in [0.4, 0.5) is 4.79 Å². The van der Waals surface area contributed by atoms with E-state index in [1.54, 1.807) is 12.0 Å². The van der Waals surface area contributed by atoms with Gasteiger partial charge in [0.25, 0.3) is 0 Å². The molecule has 7 nitrogen and oxygen atoms in total. The van der Waals surface area contributed by atoms with Crippen molar-refractivity contribution >= 4 is 22.8 Å². The third kappa shape index (κ3) is 6.73. The van der Waals surface area contributed by atoms with Crippen molar-refractivity contribution in [2.24, 2.45) is 0 Å². The number of H-pyrrole nitrogens is 1. The van der Waals surface area contributed by atoms with E-state index in [-0.39, 0.29) is 24.5 Å². The van der Waals surface area contributed by atoms with Gasteiger partial charge in [0, 0.05) is 48.3 Å². The van der Waals surface area contributed by atoms with Crippen molar-refractivity contribution < 1.29 is 14.3 Å². The fourth-order valence-corrected chi connectivity index (χ4v) is 4.53. The van der Waals surface area contributed by atoms with Gasteiger partial charge in [-0.05, 0) is 43.5 Å². The van der Waals surface area contributed by atoms with Crippen molar-refractivity contribution in [3.63, 3.8) is 0 Å². The Kier molecular flexibility index (Phi) is 9.03. The summed E-state index contributed by atoms with van der Waals surface area (Å²) in [6.07, 6.45) is 2.70. The van der Waals surface area contributed by atoms with Crippen LogP contribution in [-0.2, 0) is 24.3 Å². The average Bonchev–Trinajstić information content (AvgIpc) is 3.36. The second-order valence-electron chi connectivity index (χ2n) is 9.60. The molecule has 198 valence electrons. The summed E-state index contributed by atoms with van der Waals surface area (Å²) in [7, 11) is 1.63. The molecule has 0 saturated carbocycles. The van der Waals surface area contributed by atoms with E-state index in [0.717, 1.165) is 33.3 Å². The Balaban J connectivity index is 1.50. The lowest BCUT2D eigenvalue weighted by molar-refractivity contribution is -0.132. The number of carbonyl (C=O) groups excluding carboxylic acids is 2. The number of ether oxygens (including phenoxy) is 1. The first kappa shape index (κ1) is 26.8. The minimum atomic E-state index is -0.258. The van der Waals surface area contributed by atoms with Gasteiger partial charge in [-0.25, -0.2) is 4.79 Å². The van der Waals surface area contributed by atoms with Crippen LogP contribution in [0, 0.1) is 0 Å². The molecule has 0 saturated heterocycles. The highest BCUT2D eigenvalue weighted by Gasteiger charge is 2.24. The van der Waals surface area contributed by atoms with E-state index in [0.29, 0.717) is 26.1 Å². The number of hydrogen-bond donors (Lipinski definition) is 2. The first-order valence-corrected chi connectivity index (χ1v) is 13.0. The normalized spacial score (nSPS) is 10.9. The Morgan fingerprint density at radius 2 is 1.63 bits per heavy atom. The molecule has 2 N–H and O–H groups in total. The Morgan fingerprint density at radius 1 is 0.921 bits per heavy atom. The lowest BCUT2D eigenvalue weighted by Crippen LogP contribution is -2.49. The van der Waals surface area contributed by atoms with Crippen LogP contribution in [0.15, 0.2) is 85.1 Å². The van der Waals surface area contributed by atoms with Crippen LogP contribution in [0.2, 0.25) is 0 Å². The highest BCUT2D eigenvalue weighted by Crippen LogP contribution is 2.22. The molecule has 4 rings (SSSR count). The summed E-state index contributed by atoms with van der Waals surface area (Å²) in [6.45, 7) is 5.14. The quantitative estimate of drug-likeness (QED) is 0.284. The molecule has 7 heteroatoms. The number of nitrogens with one attached hydrogen (secondary N) is 2. The van der Waals surface area contributed by atoms with Crippen molar-refractivity contribution in [2.45, 2.75) is 39.4 Å². The molecular weight excluding hydrogens is 476 g/mol. The number of hydrogen-bond acceptors (Lipinski definition) is 3. The summed E-state index contributed by atoms with van der Waals surface area (Å²) < 4.78 is 5.55. The first-order valence-electron chi connectivity index (χ1n) is 13.0. The lowest BCUT2D eigenvalue weighted by Gasteiger charge is -2.30. The van der Waals surface area contributed by atoms with Gasteiger partial charge >= 0.3 is 6.03 Å². The molecule has 0 aliphatic carbocycles. The van der Waals surface area contributed by atoms with Crippen LogP contribution < -0.4 is 10.1 Å². The number of amides is 3. The van der Waals surface area contributed by atoms with Crippen LogP contribution in [-0.4, -0.2) is 53.0 Å². The van der Waals surface area contributed by atoms with Crippen LogP contribution in [0.3, 0.4) is 0 Å². The maximum Gasteiger partial charge on any atom is 0.318 e. The standard InChI is InChI=1S/C31H36N4O3/c1-23(2)35(31(37)33-19-24-11-5-4-6-12-24)22-30(36)34(21-26-13-7-10-16-29(26)38-3)18-17-25-20-32-28-15-9-8-14-27(25)28/h4-16,20,23,32H,17-19,21-22H2,1-3H3,(H,33,37). The lowest BCUT2D eigenvalue weighted by atomic mass is 10.1. The summed E-state index contributed by atoms with van der Waals surface area (Å²) >= 11 is 0. The van der Waals surface area contributed by atoms with E-state index < -0.39 is 0 Å². The minimum Gasteiger partial charge on any atom is -0.496 e. The number of urea groups is 1. The molecule has 4 aromatic rings. The van der Waals surface area contributed by atoms with Gasteiger partial charge in [0.1, 0.15) is 12.3 Å². The number of methoxy groups -OCH3 is 1. The van der Waals surface area contributed by atoms with E-state index in [9.17, 15) is 9.59 Å². The van der Waals surface area contributed by atoms with Crippen LogP contribution in [0.5, 0.6) is 5.75 Å². The summed E-state index contributed by atoms with van der Waals surface area (Å²) in [5, 5.41) is 4.11. The third-order valence-electron chi connectivity index (χ3n) is 6.71. The topological polar surface area (TPSA) is 77.7 Å². The monoisotopic (exact) mass is 512 g/mol.